The molecule has 5 rings (SSSR count). The number of aliphatic hydroxyl groups is 1. The van der Waals surface area contributed by atoms with Crippen molar-refractivity contribution >= 4 is 23.2 Å². The molecule has 212 valence electrons. The number of aromatic amines is 1. The highest BCUT2D eigenvalue weighted by Gasteiger charge is 2.24. The first kappa shape index (κ1) is 28.4. The van der Waals surface area contributed by atoms with Crippen molar-refractivity contribution in [3.63, 3.8) is 0 Å². The summed E-state index contributed by atoms with van der Waals surface area (Å²) in [7, 11) is 1.57. The van der Waals surface area contributed by atoms with Crippen molar-refractivity contribution in [3.05, 3.63) is 92.9 Å². The molecule has 2 atom stereocenters. The van der Waals surface area contributed by atoms with Gasteiger partial charge in [0.05, 0.1) is 30.5 Å². The Bertz CT molecular complexity index is 1630. The lowest BCUT2D eigenvalue weighted by molar-refractivity contribution is -0.0281. The number of methoxy groups -OCH3 is 1. The van der Waals surface area contributed by atoms with Crippen molar-refractivity contribution in [1.29, 1.82) is 0 Å². The monoisotopic (exact) mass is 575 g/mol. The Balaban J connectivity index is 1.41. The highest BCUT2D eigenvalue weighted by atomic mass is 35.5. The number of nitrogens with one attached hydrogen (secondary N) is 3. The Labute approximate surface area is 241 Å². The largest absolute Gasteiger partial charge is 0.481 e. The average molecular weight is 576 g/mol. The molecule has 10 nitrogen and oxygen atoms in total. The van der Waals surface area contributed by atoms with Crippen molar-refractivity contribution in [1.82, 2.24) is 20.5 Å². The highest BCUT2D eigenvalue weighted by Crippen LogP contribution is 2.39. The van der Waals surface area contributed by atoms with Gasteiger partial charge in [0.25, 0.3) is 11.5 Å². The summed E-state index contributed by atoms with van der Waals surface area (Å²) >= 11 is 6.97. The number of carbonyl (C=O) groups excluding carboxylic acids is 1. The topological polar surface area (TPSA) is 138 Å². The van der Waals surface area contributed by atoms with Crippen LogP contribution in [0.3, 0.4) is 0 Å². The molecule has 1 saturated heterocycles. The number of amides is 1. The predicted octanol–water partition coefficient (Wildman–Crippen LogP) is 3.96. The summed E-state index contributed by atoms with van der Waals surface area (Å²) in [6, 6.07) is 16.3. The second-order valence-electron chi connectivity index (χ2n) is 9.68. The Morgan fingerprint density at radius 2 is 1.93 bits per heavy atom. The van der Waals surface area contributed by atoms with Crippen LogP contribution in [0.2, 0.25) is 5.02 Å². The summed E-state index contributed by atoms with van der Waals surface area (Å²) in [6.45, 7) is 3.29. The molecule has 0 aliphatic carbocycles. The van der Waals surface area contributed by atoms with Gasteiger partial charge in [0.2, 0.25) is 5.88 Å². The van der Waals surface area contributed by atoms with E-state index in [1.807, 2.05) is 49.4 Å². The van der Waals surface area contributed by atoms with Crippen LogP contribution in [-0.2, 0) is 11.3 Å². The first-order valence-electron chi connectivity index (χ1n) is 13.1. The standard InChI is InChI=1S/C30H30ClN5O5/c1-17-19(5-4-8-23(17)34-28(38)22-11-13-33-36-29(22)39)20-6-3-7-21(27(20)31)24-10-9-18(30(35-24)40-2)15-32-25-12-14-41-16-26(25)37/h3-11,13,25-26,32,37H,12,14-16H2,1-2H3,(H,34,38)(H,36,39)/t25-,26+/m1/s1. The summed E-state index contributed by atoms with van der Waals surface area (Å²) in [5.41, 5.74) is 4.54. The van der Waals surface area contributed by atoms with Gasteiger partial charge in [-0.05, 0) is 42.7 Å². The lowest BCUT2D eigenvalue weighted by atomic mass is 9.96. The molecule has 2 aromatic carbocycles. The van der Waals surface area contributed by atoms with Crippen LogP contribution in [0, 0.1) is 6.92 Å². The minimum Gasteiger partial charge on any atom is -0.481 e. The third-order valence-corrected chi connectivity index (χ3v) is 7.54. The summed E-state index contributed by atoms with van der Waals surface area (Å²) in [4.78, 5) is 29.5. The SMILES string of the molecule is COc1nc(-c2cccc(-c3cccc(NC(=O)c4ccn[nH]c4=O)c3C)c2Cl)ccc1CN[C@@H]1CCOC[C@@H]1O. The zero-order valence-electron chi connectivity index (χ0n) is 22.6. The maximum absolute atomic E-state index is 12.8. The quantitative estimate of drug-likeness (QED) is 0.248. The fourth-order valence-corrected chi connectivity index (χ4v) is 5.17. The number of ether oxygens (including phenoxy) is 2. The highest BCUT2D eigenvalue weighted by molar-refractivity contribution is 6.36. The van der Waals surface area contributed by atoms with E-state index in [0.29, 0.717) is 42.0 Å². The van der Waals surface area contributed by atoms with E-state index in [0.717, 1.165) is 34.2 Å². The molecule has 0 unspecified atom stereocenters. The predicted molar refractivity (Wildman–Crippen MR) is 156 cm³/mol. The van der Waals surface area contributed by atoms with E-state index >= 15 is 0 Å². The van der Waals surface area contributed by atoms with Crippen molar-refractivity contribution in [2.45, 2.75) is 32.0 Å². The number of aliphatic hydroxyl groups excluding tert-OH is 1. The minimum absolute atomic E-state index is 0.0348. The van der Waals surface area contributed by atoms with Crippen molar-refractivity contribution in [2.24, 2.45) is 0 Å². The number of hydrogen-bond acceptors (Lipinski definition) is 8. The van der Waals surface area contributed by atoms with Crippen LogP contribution in [0.25, 0.3) is 22.4 Å². The molecule has 41 heavy (non-hydrogen) atoms. The molecule has 4 N–H and O–H groups in total. The number of halogens is 1. The third-order valence-electron chi connectivity index (χ3n) is 7.13. The Kier molecular flexibility index (Phi) is 8.75. The van der Waals surface area contributed by atoms with Gasteiger partial charge in [0.15, 0.2) is 0 Å². The number of aromatic nitrogens is 3. The maximum atomic E-state index is 12.8. The van der Waals surface area contributed by atoms with Gasteiger partial charge < -0.3 is 25.2 Å². The van der Waals surface area contributed by atoms with E-state index in [1.165, 1.54) is 12.3 Å². The lowest BCUT2D eigenvalue weighted by Crippen LogP contribution is -2.46. The lowest BCUT2D eigenvalue weighted by Gasteiger charge is -2.28. The van der Waals surface area contributed by atoms with E-state index in [2.05, 4.69) is 20.8 Å². The van der Waals surface area contributed by atoms with Gasteiger partial charge >= 0.3 is 0 Å². The molecule has 1 aliphatic heterocycles. The second-order valence-corrected chi connectivity index (χ2v) is 10.1. The molecule has 11 heteroatoms. The van der Waals surface area contributed by atoms with E-state index in [9.17, 15) is 14.7 Å². The van der Waals surface area contributed by atoms with Crippen LogP contribution in [0.1, 0.15) is 27.9 Å². The normalized spacial score (nSPS) is 16.8. The van der Waals surface area contributed by atoms with Gasteiger partial charge in [-0.3, -0.25) is 9.59 Å². The van der Waals surface area contributed by atoms with E-state index in [4.69, 9.17) is 26.1 Å². The van der Waals surface area contributed by atoms with Crippen molar-refractivity contribution in [3.8, 4) is 28.3 Å². The maximum Gasteiger partial charge on any atom is 0.277 e. The zero-order chi connectivity index (χ0) is 28.9. The van der Waals surface area contributed by atoms with Crippen LogP contribution in [0.4, 0.5) is 5.69 Å². The number of pyridine rings is 1. The molecule has 0 saturated carbocycles. The molecule has 2 aromatic heterocycles. The van der Waals surface area contributed by atoms with Crippen molar-refractivity contribution in [2.75, 3.05) is 25.6 Å². The number of H-pyrrole nitrogens is 1. The van der Waals surface area contributed by atoms with Gasteiger partial charge in [-0.1, -0.05) is 48.0 Å². The van der Waals surface area contributed by atoms with Gasteiger partial charge in [0.1, 0.15) is 5.56 Å². The Morgan fingerprint density at radius 1 is 1.15 bits per heavy atom. The molecule has 1 amide bonds. The first-order chi connectivity index (χ1) is 19.9. The minimum atomic E-state index is -0.569. The molecular weight excluding hydrogens is 546 g/mol. The zero-order valence-corrected chi connectivity index (χ0v) is 23.4. The summed E-state index contributed by atoms with van der Waals surface area (Å²) in [5.74, 6) is -0.0732. The molecule has 0 bridgehead atoms. The van der Waals surface area contributed by atoms with Crippen LogP contribution in [0.15, 0.2) is 65.6 Å². The molecule has 0 spiro atoms. The fourth-order valence-electron chi connectivity index (χ4n) is 4.85. The van der Waals surface area contributed by atoms with Gasteiger partial charge in [-0.25, -0.2) is 10.1 Å². The Morgan fingerprint density at radius 3 is 2.71 bits per heavy atom. The molecule has 1 fully saturated rings. The molecule has 0 radical (unpaired) electrons. The third kappa shape index (κ3) is 6.15. The van der Waals surface area contributed by atoms with Crippen LogP contribution >= 0.6 is 11.6 Å². The number of benzene rings is 2. The second kappa shape index (κ2) is 12.6. The number of carbonyl (C=O) groups is 1. The summed E-state index contributed by atoms with van der Waals surface area (Å²) in [5, 5.41) is 22.8. The first-order valence-corrected chi connectivity index (χ1v) is 13.5. The number of hydrogen-bond donors (Lipinski definition) is 4. The number of anilines is 1. The molecule has 3 heterocycles. The van der Waals surface area contributed by atoms with E-state index in [1.54, 1.807) is 13.2 Å². The van der Waals surface area contributed by atoms with Gasteiger partial charge in [-0.15, -0.1) is 0 Å². The molecular formula is C30H30ClN5O5. The summed E-state index contributed by atoms with van der Waals surface area (Å²) in [6.07, 6.45) is 1.52. The molecule has 4 aromatic rings. The molecule has 1 aliphatic rings. The number of rotatable bonds is 8. The fraction of sp³-hybridized carbons (Fsp3) is 0.267. The van der Waals surface area contributed by atoms with Gasteiger partial charge in [0, 0.05) is 47.8 Å². The van der Waals surface area contributed by atoms with Crippen LogP contribution in [0.5, 0.6) is 5.88 Å². The summed E-state index contributed by atoms with van der Waals surface area (Å²) < 4.78 is 10.9. The van der Waals surface area contributed by atoms with Gasteiger partial charge in [-0.2, -0.15) is 5.10 Å². The van der Waals surface area contributed by atoms with Crippen molar-refractivity contribution < 1.29 is 19.4 Å². The van der Waals surface area contributed by atoms with Crippen LogP contribution in [-0.4, -0.2) is 58.7 Å². The van der Waals surface area contributed by atoms with E-state index in [-0.39, 0.29) is 11.6 Å². The number of nitrogens with zero attached hydrogens (tertiary/aromatic N) is 2. The average Bonchev–Trinajstić information content (AvgIpc) is 2.98. The Hall–Kier alpha value is -4.09. The smallest absolute Gasteiger partial charge is 0.277 e. The van der Waals surface area contributed by atoms with E-state index < -0.39 is 17.6 Å². The van der Waals surface area contributed by atoms with Crippen LogP contribution < -0.4 is 20.9 Å².